The molecule has 0 atom stereocenters. The van der Waals surface area contributed by atoms with Crippen molar-refractivity contribution in [1.82, 2.24) is 4.98 Å². The van der Waals surface area contributed by atoms with E-state index in [1.54, 1.807) is 0 Å². The normalized spacial score (nSPS) is 15.8. The van der Waals surface area contributed by atoms with E-state index in [-0.39, 0.29) is 0 Å². The molecule has 1 aromatic heterocycles. The zero-order valence-electron chi connectivity index (χ0n) is 11.7. The molecule has 0 bridgehead atoms. The average Bonchev–Trinajstić information content (AvgIpc) is 3.17. The summed E-state index contributed by atoms with van der Waals surface area (Å²) in [6.07, 6.45) is 9.55. The van der Waals surface area contributed by atoms with Crippen LogP contribution in [-0.2, 0) is 6.42 Å². The van der Waals surface area contributed by atoms with Gasteiger partial charge in [-0.3, -0.25) is 0 Å². The van der Waals surface area contributed by atoms with E-state index in [0.29, 0.717) is 0 Å². The molecule has 1 aliphatic carbocycles. The van der Waals surface area contributed by atoms with Crippen LogP contribution in [0.15, 0.2) is 54.6 Å². The summed E-state index contributed by atoms with van der Waals surface area (Å²) in [5.74, 6) is 1.36. The van der Waals surface area contributed by atoms with Gasteiger partial charge in [-0.15, -0.1) is 0 Å². The van der Waals surface area contributed by atoms with Gasteiger partial charge in [0.1, 0.15) is 0 Å². The van der Waals surface area contributed by atoms with E-state index >= 15 is 0 Å². The molecule has 0 spiro atoms. The summed E-state index contributed by atoms with van der Waals surface area (Å²) in [6.45, 7) is 0. The van der Waals surface area contributed by atoms with Crippen LogP contribution in [0.4, 0.5) is 0 Å². The first kappa shape index (κ1) is 12.7. The van der Waals surface area contributed by atoms with Gasteiger partial charge in [-0.25, -0.2) is 0 Å². The maximum absolute atomic E-state index is 3.59. The zero-order valence-corrected chi connectivity index (χ0v) is 11.7. The van der Waals surface area contributed by atoms with E-state index < -0.39 is 0 Å². The number of aromatic amines is 1. The predicted octanol–water partition coefficient (Wildman–Crippen LogP) is 4.78. The molecule has 2 aromatic carbocycles. The van der Waals surface area contributed by atoms with Crippen LogP contribution in [0.25, 0.3) is 22.2 Å². The number of hydrogen-bond donors (Lipinski definition) is 1. The van der Waals surface area contributed by atoms with Gasteiger partial charge in [0.15, 0.2) is 0 Å². The lowest BCUT2D eigenvalue weighted by atomic mass is 9.94. The first-order valence-electron chi connectivity index (χ1n) is 7.27. The molecule has 1 saturated carbocycles. The Balaban J connectivity index is 1.84. The van der Waals surface area contributed by atoms with Gasteiger partial charge in [0.05, 0.1) is 0 Å². The van der Waals surface area contributed by atoms with Gasteiger partial charge in [0, 0.05) is 16.6 Å². The van der Waals surface area contributed by atoms with Crippen LogP contribution < -0.4 is 0 Å². The molecular formula is C20H16N. The van der Waals surface area contributed by atoms with Crippen molar-refractivity contribution in [3.8, 4) is 11.3 Å². The fraction of sp³-hybridized carbons (Fsp3) is 0.0500. The molecule has 0 unspecified atom stereocenters. The molecule has 0 amide bonds. The molecule has 3 aromatic rings. The van der Waals surface area contributed by atoms with Gasteiger partial charge in [0.25, 0.3) is 0 Å². The van der Waals surface area contributed by atoms with Gasteiger partial charge < -0.3 is 4.98 Å². The van der Waals surface area contributed by atoms with Crippen molar-refractivity contribution in [3.63, 3.8) is 0 Å². The summed E-state index contributed by atoms with van der Waals surface area (Å²) in [4.78, 5) is 3.59. The van der Waals surface area contributed by atoms with Gasteiger partial charge in [-0.1, -0.05) is 48.5 Å². The van der Waals surface area contributed by atoms with Crippen molar-refractivity contribution in [3.05, 3.63) is 91.8 Å². The monoisotopic (exact) mass is 270 g/mol. The highest BCUT2D eigenvalue weighted by molar-refractivity contribution is 5.91. The molecule has 5 radical (unpaired) electrons. The molecule has 1 heteroatoms. The number of para-hydroxylation sites is 1. The van der Waals surface area contributed by atoms with Crippen molar-refractivity contribution < 1.29 is 0 Å². The van der Waals surface area contributed by atoms with Crippen LogP contribution in [0.3, 0.4) is 0 Å². The molecule has 1 aliphatic rings. The molecule has 0 saturated heterocycles. The average molecular weight is 270 g/mol. The molecular weight excluding hydrogens is 254 g/mol. The van der Waals surface area contributed by atoms with Gasteiger partial charge >= 0.3 is 0 Å². The summed E-state index contributed by atoms with van der Waals surface area (Å²) in [6, 6.07) is 19.1. The molecule has 0 aliphatic heterocycles. The quantitative estimate of drug-likeness (QED) is 0.704. The SMILES string of the molecule is [CH]1[CH][CH][C](Cc2c(-c3ccccc3)[nH]c3ccccc23)[CH]1. The smallest absolute Gasteiger partial charge is 0.0497 e. The summed E-state index contributed by atoms with van der Waals surface area (Å²) < 4.78 is 0. The Hall–Kier alpha value is -2.02. The molecule has 1 heterocycles. The molecule has 1 N–H and O–H groups in total. The molecule has 4 rings (SSSR count). The maximum atomic E-state index is 3.59. The fourth-order valence-corrected chi connectivity index (χ4v) is 2.97. The number of fused-ring (bicyclic) bond motifs is 1. The third-order valence-corrected chi connectivity index (χ3v) is 3.99. The largest absolute Gasteiger partial charge is 0.354 e. The second-order valence-electron chi connectivity index (χ2n) is 5.36. The van der Waals surface area contributed by atoms with Crippen molar-refractivity contribution in [1.29, 1.82) is 0 Å². The zero-order chi connectivity index (χ0) is 14.1. The predicted molar refractivity (Wildman–Crippen MR) is 87.9 cm³/mol. The Morgan fingerprint density at radius 3 is 2.29 bits per heavy atom. The standard InChI is InChI=1S/C20H16N/c1-2-10-16(11-3-1)20-18(14-15-8-4-5-9-15)17-12-6-7-13-19(17)21-20/h1-13,21H,14H2. The lowest BCUT2D eigenvalue weighted by molar-refractivity contribution is 1.06. The third-order valence-electron chi connectivity index (χ3n) is 3.99. The van der Waals surface area contributed by atoms with Gasteiger partial charge in [-0.2, -0.15) is 0 Å². The maximum Gasteiger partial charge on any atom is 0.0497 e. The number of hydrogen-bond acceptors (Lipinski definition) is 0. The van der Waals surface area contributed by atoms with Gasteiger partial charge in [-0.05, 0) is 55.2 Å². The summed E-state index contributed by atoms with van der Waals surface area (Å²) >= 11 is 0. The number of rotatable bonds is 3. The van der Waals surface area contributed by atoms with E-state index in [2.05, 4.69) is 85.3 Å². The lowest BCUT2D eigenvalue weighted by Gasteiger charge is -2.10. The minimum atomic E-state index is 0.960. The summed E-state index contributed by atoms with van der Waals surface area (Å²) in [5.41, 5.74) is 5.06. The second-order valence-corrected chi connectivity index (χ2v) is 5.36. The highest BCUT2D eigenvalue weighted by Gasteiger charge is 2.21. The van der Waals surface area contributed by atoms with Crippen molar-refractivity contribution >= 4 is 10.9 Å². The van der Waals surface area contributed by atoms with E-state index in [1.165, 1.54) is 33.6 Å². The number of H-pyrrole nitrogens is 1. The van der Waals surface area contributed by atoms with Crippen LogP contribution >= 0.6 is 0 Å². The van der Waals surface area contributed by atoms with E-state index in [0.717, 1.165) is 6.42 Å². The third kappa shape index (κ3) is 2.37. The number of benzene rings is 2. The van der Waals surface area contributed by atoms with Crippen LogP contribution in [-0.4, -0.2) is 4.98 Å². The van der Waals surface area contributed by atoms with Crippen LogP contribution in [0.5, 0.6) is 0 Å². The van der Waals surface area contributed by atoms with Crippen LogP contribution in [0.2, 0.25) is 0 Å². The van der Waals surface area contributed by atoms with Crippen molar-refractivity contribution in [2.45, 2.75) is 6.42 Å². The number of aromatic nitrogens is 1. The summed E-state index contributed by atoms with van der Waals surface area (Å²) in [5, 5.41) is 1.32. The molecule has 1 nitrogen and oxygen atoms in total. The van der Waals surface area contributed by atoms with E-state index in [4.69, 9.17) is 0 Å². The highest BCUT2D eigenvalue weighted by atomic mass is 14.7. The Morgan fingerprint density at radius 2 is 1.48 bits per heavy atom. The second kappa shape index (κ2) is 5.40. The first-order chi connectivity index (χ1) is 10.4. The highest BCUT2D eigenvalue weighted by Crippen LogP contribution is 2.35. The van der Waals surface area contributed by atoms with Crippen molar-refractivity contribution in [2.75, 3.05) is 0 Å². The minimum absolute atomic E-state index is 0.960. The lowest BCUT2D eigenvalue weighted by Crippen LogP contribution is -1.98. The van der Waals surface area contributed by atoms with Gasteiger partial charge in [0.2, 0.25) is 0 Å². The Bertz CT molecular complexity index is 733. The Kier molecular flexibility index (Phi) is 3.27. The van der Waals surface area contributed by atoms with E-state index in [9.17, 15) is 0 Å². The molecule has 1 fully saturated rings. The van der Waals surface area contributed by atoms with Crippen molar-refractivity contribution in [2.24, 2.45) is 0 Å². The molecule has 101 valence electrons. The van der Waals surface area contributed by atoms with Crippen LogP contribution in [0.1, 0.15) is 5.56 Å². The first-order valence-corrected chi connectivity index (χ1v) is 7.27. The Labute approximate surface area is 126 Å². The topological polar surface area (TPSA) is 15.8 Å². The van der Waals surface area contributed by atoms with E-state index in [1.807, 2.05) is 0 Å². The van der Waals surface area contributed by atoms with Crippen LogP contribution in [0, 0.1) is 31.6 Å². The summed E-state index contributed by atoms with van der Waals surface area (Å²) in [7, 11) is 0. The number of nitrogens with one attached hydrogen (secondary N) is 1. The minimum Gasteiger partial charge on any atom is -0.354 e. The Morgan fingerprint density at radius 1 is 0.762 bits per heavy atom. The fourth-order valence-electron chi connectivity index (χ4n) is 2.97. The molecule has 21 heavy (non-hydrogen) atoms.